The lowest BCUT2D eigenvalue weighted by Gasteiger charge is -2.52. The maximum Gasteiger partial charge on any atom is 0.255 e. The molecule has 1 saturated heterocycles. The minimum Gasteiger partial charge on any atom is -0.415 e. The lowest BCUT2D eigenvalue weighted by atomic mass is 9.85. The second-order valence-electron chi connectivity index (χ2n) is 12.6. The van der Waals surface area contributed by atoms with Crippen LogP contribution in [0.4, 0.5) is 4.39 Å². The average molecular weight is 593 g/mol. The molecule has 2 fully saturated rings. The summed E-state index contributed by atoms with van der Waals surface area (Å²) in [5.41, 5.74) is 0.282. The van der Waals surface area contributed by atoms with Gasteiger partial charge < -0.3 is 14.1 Å². The standard InChI is InChI=1S/C31H40Cl2FNO3Si/c1-8-16-31(5)29(36)35(26(20-12-13-20)19-37-39(6,7)30(2,3)4)27(21-14-15-24(33)25(34)18-21)28(38-31)22-10-9-11-23(32)17-22/h8-11,14-15,17-18,20,26-28H,1,12-13,16,19H2,2-7H3/t26?,27?,28?,31-/m1/s1. The predicted molar refractivity (Wildman–Crippen MR) is 159 cm³/mol. The van der Waals surface area contributed by atoms with Crippen molar-refractivity contribution in [2.75, 3.05) is 6.61 Å². The summed E-state index contributed by atoms with van der Waals surface area (Å²) >= 11 is 12.5. The molecule has 2 aliphatic rings. The third kappa shape index (κ3) is 6.30. The molecule has 1 amide bonds. The highest BCUT2D eigenvalue weighted by atomic mass is 35.5. The molecule has 0 bridgehead atoms. The molecule has 4 nitrogen and oxygen atoms in total. The highest BCUT2D eigenvalue weighted by molar-refractivity contribution is 6.74. The Morgan fingerprint density at radius 1 is 1.21 bits per heavy atom. The Hall–Kier alpha value is -1.70. The summed E-state index contributed by atoms with van der Waals surface area (Å²) in [6.45, 7) is 17.2. The van der Waals surface area contributed by atoms with Crippen LogP contribution in [0.15, 0.2) is 55.1 Å². The third-order valence-corrected chi connectivity index (χ3v) is 13.6. The van der Waals surface area contributed by atoms with E-state index in [1.807, 2.05) is 30.0 Å². The Labute approximate surface area is 243 Å². The minimum absolute atomic E-state index is 0.0233. The van der Waals surface area contributed by atoms with Crippen LogP contribution in [0.2, 0.25) is 28.2 Å². The minimum atomic E-state index is -2.11. The highest BCUT2D eigenvalue weighted by Gasteiger charge is 2.55. The third-order valence-electron chi connectivity index (χ3n) is 8.60. The van der Waals surface area contributed by atoms with Crippen LogP contribution in [0, 0.1) is 11.7 Å². The molecule has 0 spiro atoms. The Balaban J connectivity index is 1.88. The van der Waals surface area contributed by atoms with Crippen LogP contribution >= 0.6 is 23.2 Å². The smallest absolute Gasteiger partial charge is 0.255 e. The SMILES string of the molecule is C=CC[C@@]1(C)OC(c2cccc(Cl)c2)C(c2ccc(Cl)c(F)c2)N(C(CO[Si](C)(C)C(C)(C)C)C2CC2)C1=O. The Morgan fingerprint density at radius 3 is 2.46 bits per heavy atom. The van der Waals surface area contributed by atoms with Crippen LogP contribution in [0.5, 0.6) is 0 Å². The number of rotatable bonds is 9. The number of benzene rings is 2. The molecule has 0 N–H and O–H groups in total. The van der Waals surface area contributed by atoms with Gasteiger partial charge >= 0.3 is 0 Å². The van der Waals surface area contributed by atoms with Crippen molar-refractivity contribution in [1.29, 1.82) is 0 Å². The van der Waals surface area contributed by atoms with Gasteiger partial charge in [0.1, 0.15) is 17.5 Å². The molecule has 0 radical (unpaired) electrons. The van der Waals surface area contributed by atoms with Crippen molar-refractivity contribution in [3.8, 4) is 0 Å². The number of nitrogens with zero attached hydrogens (tertiary/aromatic N) is 1. The molecule has 1 aliphatic carbocycles. The Kier molecular flexibility index (Phi) is 8.76. The van der Waals surface area contributed by atoms with Gasteiger partial charge in [-0.1, -0.05) is 68.2 Å². The summed E-state index contributed by atoms with van der Waals surface area (Å²) < 4.78 is 28.3. The van der Waals surface area contributed by atoms with Crippen molar-refractivity contribution in [3.05, 3.63) is 82.1 Å². The van der Waals surface area contributed by atoms with Crippen LogP contribution < -0.4 is 0 Å². The summed E-state index contributed by atoms with van der Waals surface area (Å²) in [6, 6.07) is 11.4. The first kappa shape index (κ1) is 30.3. The van der Waals surface area contributed by atoms with Gasteiger partial charge in [0.2, 0.25) is 0 Å². The van der Waals surface area contributed by atoms with Gasteiger partial charge in [-0.15, -0.1) is 6.58 Å². The number of hydrogen-bond donors (Lipinski definition) is 0. The first-order valence-electron chi connectivity index (χ1n) is 13.6. The fourth-order valence-electron chi connectivity index (χ4n) is 5.11. The number of morpholine rings is 1. The lowest BCUT2D eigenvalue weighted by molar-refractivity contribution is -0.204. The van der Waals surface area contributed by atoms with E-state index >= 15 is 0 Å². The zero-order valence-electron chi connectivity index (χ0n) is 23.8. The first-order chi connectivity index (χ1) is 18.2. The molecule has 4 atom stereocenters. The number of amides is 1. The van der Waals surface area contributed by atoms with Crippen LogP contribution in [-0.2, 0) is 14.0 Å². The maximum atomic E-state index is 14.9. The molecule has 4 rings (SSSR count). The molecule has 3 unspecified atom stereocenters. The molecule has 2 aromatic rings. The van der Waals surface area contributed by atoms with Crippen molar-refractivity contribution in [1.82, 2.24) is 4.90 Å². The van der Waals surface area contributed by atoms with Gasteiger partial charge in [-0.3, -0.25) is 4.79 Å². The zero-order chi connectivity index (χ0) is 28.8. The highest BCUT2D eigenvalue weighted by Crippen LogP contribution is 2.51. The molecular formula is C31H40Cl2FNO3Si. The quantitative estimate of drug-likeness (QED) is 0.216. The van der Waals surface area contributed by atoms with Crippen molar-refractivity contribution < 1.29 is 18.3 Å². The van der Waals surface area contributed by atoms with E-state index in [0.29, 0.717) is 29.5 Å². The topological polar surface area (TPSA) is 38.8 Å². The van der Waals surface area contributed by atoms with Gasteiger partial charge in [0, 0.05) is 11.4 Å². The van der Waals surface area contributed by atoms with Gasteiger partial charge in [-0.2, -0.15) is 0 Å². The zero-order valence-corrected chi connectivity index (χ0v) is 26.3. The van der Waals surface area contributed by atoms with Crippen molar-refractivity contribution in [2.45, 2.75) is 88.9 Å². The van der Waals surface area contributed by atoms with E-state index in [2.05, 4.69) is 40.4 Å². The largest absolute Gasteiger partial charge is 0.415 e. The fourth-order valence-corrected chi connectivity index (χ4v) is 6.45. The van der Waals surface area contributed by atoms with E-state index in [-0.39, 0.29) is 22.0 Å². The van der Waals surface area contributed by atoms with Gasteiger partial charge in [0.15, 0.2) is 8.32 Å². The van der Waals surface area contributed by atoms with E-state index in [0.717, 1.165) is 18.4 Å². The molecule has 0 aromatic heterocycles. The summed E-state index contributed by atoms with van der Waals surface area (Å²) in [4.78, 5) is 16.4. The fraction of sp³-hybridized carbons (Fsp3) is 0.516. The van der Waals surface area contributed by atoms with Gasteiger partial charge in [-0.05, 0) is 79.2 Å². The monoisotopic (exact) mass is 591 g/mol. The Bertz CT molecular complexity index is 1230. The molecular weight excluding hydrogens is 552 g/mol. The number of halogens is 3. The molecule has 8 heteroatoms. The van der Waals surface area contributed by atoms with Crippen LogP contribution in [-0.4, -0.2) is 37.4 Å². The number of carbonyl (C=O) groups is 1. The number of ether oxygens (including phenoxy) is 1. The maximum absolute atomic E-state index is 14.9. The van der Waals surface area contributed by atoms with Crippen LogP contribution in [0.25, 0.3) is 0 Å². The van der Waals surface area contributed by atoms with E-state index in [1.165, 1.54) is 6.07 Å². The molecule has 39 heavy (non-hydrogen) atoms. The van der Waals surface area contributed by atoms with E-state index in [9.17, 15) is 9.18 Å². The van der Waals surface area contributed by atoms with Crippen molar-refractivity contribution >= 4 is 37.4 Å². The molecule has 1 heterocycles. The number of carbonyl (C=O) groups excluding carboxylic acids is 1. The van der Waals surface area contributed by atoms with Crippen LogP contribution in [0.1, 0.15) is 70.2 Å². The predicted octanol–water partition coefficient (Wildman–Crippen LogP) is 8.91. The van der Waals surface area contributed by atoms with Crippen molar-refractivity contribution in [2.24, 2.45) is 5.92 Å². The number of hydrogen-bond acceptors (Lipinski definition) is 3. The normalized spacial score (nSPS) is 25.1. The van der Waals surface area contributed by atoms with E-state index in [4.69, 9.17) is 32.4 Å². The second-order valence-corrected chi connectivity index (χ2v) is 18.3. The summed E-state index contributed by atoms with van der Waals surface area (Å²) in [6.07, 6.45) is 3.48. The van der Waals surface area contributed by atoms with Crippen molar-refractivity contribution in [3.63, 3.8) is 0 Å². The summed E-state index contributed by atoms with van der Waals surface area (Å²) in [5, 5.41) is 0.616. The molecule has 2 aromatic carbocycles. The second kappa shape index (κ2) is 11.3. The molecule has 1 aliphatic heterocycles. The van der Waals surface area contributed by atoms with E-state index < -0.39 is 31.9 Å². The summed E-state index contributed by atoms with van der Waals surface area (Å²) in [5.74, 6) is -0.382. The van der Waals surface area contributed by atoms with Gasteiger partial charge in [-0.25, -0.2) is 4.39 Å². The molecule has 212 valence electrons. The van der Waals surface area contributed by atoms with Gasteiger partial charge in [0.25, 0.3) is 5.91 Å². The lowest BCUT2D eigenvalue weighted by Crippen LogP contribution is -2.61. The first-order valence-corrected chi connectivity index (χ1v) is 17.3. The van der Waals surface area contributed by atoms with Crippen LogP contribution in [0.3, 0.4) is 0 Å². The van der Waals surface area contributed by atoms with E-state index in [1.54, 1.807) is 24.3 Å². The average Bonchev–Trinajstić information content (AvgIpc) is 3.68. The summed E-state index contributed by atoms with van der Waals surface area (Å²) in [7, 11) is -2.11. The van der Waals surface area contributed by atoms with Gasteiger partial charge in [0.05, 0.1) is 23.7 Å². The molecule has 1 saturated carbocycles. The Morgan fingerprint density at radius 2 is 1.90 bits per heavy atom.